The third-order valence-electron chi connectivity index (χ3n) is 2.96. The fraction of sp³-hybridized carbons (Fsp3) is 0.143. The minimum Gasteiger partial charge on any atom is -0.377 e. The predicted octanol–water partition coefficient (Wildman–Crippen LogP) is 3.13. The van der Waals surface area contributed by atoms with Crippen molar-refractivity contribution in [1.29, 1.82) is 0 Å². The van der Waals surface area contributed by atoms with Gasteiger partial charge in [0.15, 0.2) is 0 Å². The van der Waals surface area contributed by atoms with Crippen molar-refractivity contribution < 1.29 is 0 Å². The highest BCUT2D eigenvalue weighted by Gasteiger charge is 2.06. The SMILES string of the molecule is CC(Nc1ccc2cn[nH]c2c1)c1ccccn1. The maximum Gasteiger partial charge on any atom is 0.0670 e. The molecular weight excluding hydrogens is 224 g/mol. The molecule has 90 valence electrons. The number of nitrogens with zero attached hydrogens (tertiary/aromatic N) is 2. The van der Waals surface area contributed by atoms with Gasteiger partial charge in [0.1, 0.15) is 0 Å². The molecule has 2 heterocycles. The first-order valence-electron chi connectivity index (χ1n) is 5.93. The van der Waals surface area contributed by atoms with Crippen molar-refractivity contribution in [1.82, 2.24) is 15.2 Å². The van der Waals surface area contributed by atoms with Crippen LogP contribution in [0.1, 0.15) is 18.7 Å². The van der Waals surface area contributed by atoms with Gasteiger partial charge in [-0.25, -0.2) is 0 Å². The zero-order valence-corrected chi connectivity index (χ0v) is 10.1. The van der Waals surface area contributed by atoms with E-state index in [2.05, 4.69) is 39.6 Å². The van der Waals surface area contributed by atoms with Crippen molar-refractivity contribution in [3.63, 3.8) is 0 Å². The van der Waals surface area contributed by atoms with Gasteiger partial charge in [-0.15, -0.1) is 0 Å². The van der Waals surface area contributed by atoms with Crippen LogP contribution in [0.5, 0.6) is 0 Å². The Morgan fingerprint density at radius 3 is 3.00 bits per heavy atom. The Morgan fingerprint density at radius 2 is 2.17 bits per heavy atom. The average molecular weight is 238 g/mol. The van der Waals surface area contributed by atoms with E-state index >= 15 is 0 Å². The van der Waals surface area contributed by atoms with Crippen LogP contribution in [0, 0.1) is 0 Å². The predicted molar refractivity (Wildman–Crippen MR) is 72.4 cm³/mol. The normalized spacial score (nSPS) is 12.5. The van der Waals surface area contributed by atoms with Crippen molar-refractivity contribution >= 4 is 16.6 Å². The number of rotatable bonds is 3. The molecule has 0 amide bonds. The lowest BCUT2D eigenvalue weighted by Crippen LogP contribution is -2.07. The van der Waals surface area contributed by atoms with Gasteiger partial charge in [-0.1, -0.05) is 6.07 Å². The van der Waals surface area contributed by atoms with Crippen molar-refractivity contribution in [2.45, 2.75) is 13.0 Å². The highest BCUT2D eigenvalue weighted by Crippen LogP contribution is 2.21. The number of hydrogen-bond donors (Lipinski definition) is 2. The van der Waals surface area contributed by atoms with Gasteiger partial charge >= 0.3 is 0 Å². The molecule has 18 heavy (non-hydrogen) atoms. The summed E-state index contributed by atoms with van der Waals surface area (Å²) >= 11 is 0. The second-order valence-electron chi connectivity index (χ2n) is 4.29. The average Bonchev–Trinajstić information content (AvgIpc) is 2.87. The Hall–Kier alpha value is -2.36. The minimum absolute atomic E-state index is 0.173. The second-order valence-corrected chi connectivity index (χ2v) is 4.29. The molecule has 0 fully saturated rings. The molecule has 0 aliphatic heterocycles. The molecule has 0 spiro atoms. The molecule has 2 aromatic heterocycles. The van der Waals surface area contributed by atoms with E-state index in [9.17, 15) is 0 Å². The lowest BCUT2D eigenvalue weighted by molar-refractivity contribution is 0.840. The summed E-state index contributed by atoms with van der Waals surface area (Å²) in [7, 11) is 0. The van der Waals surface area contributed by atoms with Gasteiger partial charge in [0.2, 0.25) is 0 Å². The molecule has 3 aromatic rings. The van der Waals surface area contributed by atoms with Crippen LogP contribution in [-0.2, 0) is 0 Å². The highest BCUT2D eigenvalue weighted by molar-refractivity contribution is 5.81. The molecule has 2 N–H and O–H groups in total. The molecule has 3 rings (SSSR count). The number of benzene rings is 1. The van der Waals surface area contributed by atoms with Crippen LogP contribution in [0.15, 0.2) is 48.8 Å². The van der Waals surface area contributed by atoms with Crippen molar-refractivity contribution in [3.05, 3.63) is 54.5 Å². The molecule has 0 saturated heterocycles. The maximum absolute atomic E-state index is 4.34. The largest absolute Gasteiger partial charge is 0.377 e. The van der Waals surface area contributed by atoms with E-state index in [1.807, 2.05) is 36.7 Å². The maximum atomic E-state index is 4.34. The van der Waals surface area contributed by atoms with Gasteiger partial charge in [0.25, 0.3) is 0 Å². The fourth-order valence-corrected chi connectivity index (χ4v) is 1.98. The summed E-state index contributed by atoms with van der Waals surface area (Å²) in [6.45, 7) is 2.10. The second kappa shape index (κ2) is 4.49. The fourth-order valence-electron chi connectivity index (χ4n) is 1.98. The number of H-pyrrole nitrogens is 1. The molecule has 1 unspecified atom stereocenters. The zero-order chi connectivity index (χ0) is 12.4. The smallest absolute Gasteiger partial charge is 0.0670 e. The van der Waals surface area contributed by atoms with E-state index in [1.54, 1.807) is 0 Å². The van der Waals surface area contributed by atoms with Crippen LogP contribution in [0.4, 0.5) is 5.69 Å². The first-order valence-corrected chi connectivity index (χ1v) is 5.93. The van der Waals surface area contributed by atoms with Crippen LogP contribution in [0.25, 0.3) is 10.9 Å². The molecule has 0 aliphatic rings. The number of nitrogens with one attached hydrogen (secondary N) is 2. The van der Waals surface area contributed by atoms with Crippen LogP contribution in [0.3, 0.4) is 0 Å². The lowest BCUT2D eigenvalue weighted by atomic mass is 10.2. The summed E-state index contributed by atoms with van der Waals surface area (Å²) in [4.78, 5) is 4.34. The standard InChI is InChI=1S/C14H14N4/c1-10(13-4-2-3-7-15-13)17-12-6-5-11-9-16-18-14(11)8-12/h2-10,17H,1H3,(H,16,18). The minimum atomic E-state index is 0.173. The Morgan fingerprint density at radius 1 is 1.22 bits per heavy atom. The Labute approximate surface area is 105 Å². The summed E-state index contributed by atoms with van der Waals surface area (Å²) < 4.78 is 0. The van der Waals surface area contributed by atoms with E-state index in [1.165, 1.54) is 0 Å². The van der Waals surface area contributed by atoms with Crippen LogP contribution in [-0.4, -0.2) is 15.2 Å². The van der Waals surface area contributed by atoms with Gasteiger partial charge in [0.05, 0.1) is 23.4 Å². The number of hydrogen-bond acceptors (Lipinski definition) is 3. The molecule has 4 nitrogen and oxygen atoms in total. The van der Waals surface area contributed by atoms with Crippen molar-refractivity contribution in [3.8, 4) is 0 Å². The van der Waals surface area contributed by atoms with Gasteiger partial charge in [0, 0.05) is 17.3 Å². The zero-order valence-electron chi connectivity index (χ0n) is 10.1. The molecular formula is C14H14N4. The van der Waals surface area contributed by atoms with Gasteiger partial charge in [-0.05, 0) is 37.3 Å². The highest BCUT2D eigenvalue weighted by atomic mass is 15.1. The summed E-state index contributed by atoms with van der Waals surface area (Å²) in [5, 5.41) is 11.5. The number of aromatic nitrogens is 3. The molecule has 1 aromatic carbocycles. The first kappa shape index (κ1) is 10.8. The molecule has 0 bridgehead atoms. The number of aromatic amines is 1. The molecule has 0 radical (unpaired) electrons. The Bertz CT molecular complexity index is 645. The molecule has 4 heteroatoms. The molecule has 0 saturated carbocycles. The Kier molecular flexibility index (Phi) is 2.68. The van der Waals surface area contributed by atoms with E-state index in [0.717, 1.165) is 22.3 Å². The topological polar surface area (TPSA) is 53.6 Å². The Balaban J connectivity index is 1.83. The van der Waals surface area contributed by atoms with Crippen molar-refractivity contribution in [2.24, 2.45) is 0 Å². The van der Waals surface area contributed by atoms with Crippen molar-refractivity contribution in [2.75, 3.05) is 5.32 Å². The first-order chi connectivity index (χ1) is 8.83. The van der Waals surface area contributed by atoms with E-state index < -0.39 is 0 Å². The summed E-state index contributed by atoms with van der Waals surface area (Å²) in [6.07, 6.45) is 3.63. The number of anilines is 1. The molecule has 0 aliphatic carbocycles. The number of fused-ring (bicyclic) bond motifs is 1. The summed E-state index contributed by atoms with van der Waals surface area (Å²) in [5.74, 6) is 0. The van der Waals surface area contributed by atoms with E-state index in [-0.39, 0.29) is 6.04 Å². The van der Waals surface area contributed by atoms with Gasteiger partial charge in [-0.3, -0.25) is 10.1 Å². The molecule has 1 atom stereocenters. The lowest BCUT2D eigenvalue weighted by Gasteiger charge is -2.14. The van der Waals surface area contributed by atoms with Crippen LogP contribution < -0.4 is 5.32 Å². The van der Waals surface area contributed by atoms with Gasteiger partial charge < -0.3 is 5.32 Å². The third kappa shape index (κ3) is 2.05. The van der Waals surface area contributed by atoms with E-state index in [4.69, 9.17) is 0 Å². The number of pyridine rings is 1. The van der Waals surface area contributed by atoms with Crippen LogP contribution >= 0.6 is 0 Å². The monoisotopic (exact) mass is 238 g/mol. The summed E-state index contributed by atoms with van der Waals surface area (Å²) in [6, 6.07) is 12.3. The van der Waals surface area contributed by atoms with Gasteiger partial charge in [-0.2, -0.15) is 5.10 Å². The summed E-state index contributed by atoms with van der Waals surface area (Å²) in [5.41, 5.74) is 3.13. The van der Waals surface area contributed by atoms with E-state index in [0.29, 0.717) is 0 Å². The van der Waals surface area contributed by atoms with Crippen LogP contribution in [0.2, 0.25) is 0 Å². The quantitative estimate of drug-likeness (QED) is 0.737. The third-order valence-corrected chi connectivity index (χ3v) is 2.96.